The lowest BCUT2D eigenvalue weighted by Gasteiger charge is -2.28. The summed E-state index contributed by atoms with van der Waals surface area (Å²) >= 11 is 0. The molecule has 8 amide bonds. The van der Waals surface area contributed by atoms with E-state index >= 15 is 0 Å². The molecular weight excluding hydrogens is 1050 g/mol. The number of nitrogens with one attached hydrogen (secondary N) is 12. The molecule has 7 atom stereocenters. The van der Waals surface area contributed by atoms with Gasteiger partial charge in [-0.25, -0.2) is 4.98 Å². The van der Waals surface area contributed by atoms with Crippen molar-refractivity contribution >= 4 is 69.9 Å². The predicted octanol–water partition coefficient (Wildman–Crippen LogP) is 1.73. The van der Waals surface area contributed by atoms with Crippen LogP contribution in [0, 0.1) is 5.41 Å². The van der Waals surface area contributed by atoms with E-state index in [-0.39, 0.29) is 94.9 Å². The molecule has 82 heavy (non-hydrogen) atoms. The van der Waals surface area contributed by atoms with Gasteiger partial charge in [-0.15, -0.1) is 0 Å². The molecule has 0 aliphatic carbocycles. The van der Waals surface area contributed by atoms with Crippen LogP contribution in [0.25, 0.3) is 10.9 Å². The molecule has 0 unspecified atom stereocenters. The summed E-state index contributed by atoms with van der Waals surface area (Å²) in [6.45, 7) is 4.40. The zero-order valence-electron chi connectivity index (χ0n) is 47.3. The SMILES string of the molecule is CCCCCCCC(=O)N[C@@H](CCCC)C(=O)N[C@H]1CCC(=O)CNCCCC[C@@H](C(N)=O)NC(=O)[C@H](Cc2c[nH]c3ccccc23)NC(=O)[C@H](CCCNC(=N)N)NC(=O)[C@@H](Cc2ccccc2)NC(=O)[C@H](Cc2cnc[nH]2)NC1=O. The van der Waals surface area contributed by atoms with Crippen molar-refractivity contribution in [3.63, 3.8) is 0 Å². The van der Waals surface area contributed by atoms with Crippen LogP contribution in [0.3, 0.4) is 0 Å². The molecule has 1 aliphatic rings. The number of hydrogen-bond donors (Lipinski definition) is 14. The monoisotopic (exact) mass is 1140 g/mol. The summed E-state index contributed by atoms with van der Waals surface area (Å²) in [5, 5.41) is 33.8. The summed E-state index contributed by atoms with van der Waals surface area (Å²) in [4.78, 5) is 137. The molecule has 3 heterocycles. The van der Waals surface area contributed by atoms with Gasteiger partial charge in [-0.1, -0.05) is 101 Å². The fraction of sp³-hybridized carbons (Fsp3) is 0.534. The summed E-state index contributed by atoms with van der Waals surface area (Å²) in [6.07, 6.45) is 11.4. The number of carbonyl (C=O) groups is 9. The van der Waals surface area contributed by atoms with Gasteiger partial charge in [0.25, 0.3) is 0 Å². The highest BCUT2D eigenvalue weighted by Crippen LogP contribution is 2.20. The van der Waals surface area contributed by atoms with Crippen LogP contribution in [0.1, 0.15) is 133 Å². The predicted molar refractivity (Wildman–Crippen MR) is 310 cm³/mol. The summed E-state index contributed by atoms with van der Waals surface area (Å²) in [6, 6.07) is 7.16. The number of nitrogens with two attached hydrogens (primary N) is 2. The smallest absolute Gasteiger partial charge is 0.243 e. The molecule has 1 fully saturated rings. The number of primary amides is 1. The van der Waals surface area contributed by atoms with Gasteiger partial charge in [0, 0.05) is 67.6 Å². The van der Waals surface area contributed by atoms with Crippen LogP contribution in [0.2, 0.25) is 0 Å². The highest BCUT2D eigenvalue weighted by Gasteiger charge is 2.35. The molecule has 24 heteroatoms. The first kappa shape index (κ1) is 64.7. The zero-order valence-corrected chi connectivity index (χ0v) is 47.3. The van der Waals surface area contributed by atoms with E-state index in [9.17, 15) is 43.2 Å². The van der Waals surface area contributed by atoms with E-state index in [0.29, 0.717) is 49.0 Å². The van der Waals surface area contributed by atoms with Crippen LogP contribution in [0.5, 0.6) is 0 Å². The molecule has 2 aromatic carbocycles. The lowest BCUT2D eigenvalue weighted by Crippen LogP contribution is -2.61. The van der Waals surface area contributed by atoms with Gasteiger partial charge in [0.15, 0.2) is 5.96 Å². The van der Waals surface area contributed by atoms with Gasteiger partial charge in [-0.2, -0.15) is 0 Å². The van der Waals surface area contributed by atoms with Gasteiger partial charge in [-0.3, -0.25) is 48.6 Å². The number of carbonyl (C=O) groups excluding carboxylic acids is 9. The maximum absolute atomic E-state index is 14.8. The number of nitrogens with zero attached hydrogens (tertiary/aromatic N) is 1. The highest BCUT2D eigenvalue weighted by atomic mass is 16.2. The lowest BCUT2D eigenvalue weighted by molar-refractivity contribution is -0.136. The fourth-order valence-corrected chi connectivity index (χ4v) is 9.65. The first-order valence-electron chi connectivity index (χ1n) is 28.8. The Hall–Kier alpha value is -8.15. The van der Waals surface area contributed by atoms with Crippen molar-refractivity contribution < 1.29 is 43.2 Å². The molecule has 0 bridgehead atoms. The Balaban J connectivity index is 1.51. The van der Waals surface area contributed by atoms with E-state index in [1.165, 1.54) is 12.5 Å². The second-order valence-electron chi connectivity index (χ2n) is 21.0. The number of amides is 8. The minimum Gasteiger partial charge on any atom is -0.370 e. The molecule has 24 nitrogen and oxygen atoms in total. The van der Waals surface area contributed by atoms with Crippen molar-refractivity contribution in [1.29, 1.82) is 5.41 Å². The standard InChI is InChI=1S/C58H85N15O9/c1-3-5-7-8-12-25-50(75)67-44(21-6-4-2)52(77)70-46-27-26-40(74)35-62-28-16-15-23-43(51(59)76)68-56(81)48(31-38-33-65-42-22-14-13-20-41(38)42)72-53(78)45(24-17-29-64-58(60)61)69-55(80)47(30-37-18-10-9-11-19-37)71-57(82)49(73-54(46)79)32-39-34-63-36-66-39/h9-11,13-14,18-20,22,33-34,36,43-49,62,65H,3-8,12,15-17,21,23-32,35H2,1-2H3,(H2,59,76)(H,63,66)(H,67,75)(H,68,81)(H,69,80)(H,70,77)(H,71,82)(H,72,78)(H,73,79)(H4,60,61,64)/t43-,44-,45-,46-,47+,48-,49-/m0/s1. The fourth-order valence-electron chi connectivity index (χ4n) is 9.65. The molecular formula is C58H85N15O9. The first-order valence-corrected chi connectivity index (χ1v) is 28.8. The number of Topliss-reactive ketones (excluding diaryl/α,β-unsaturated/α-hetero) is 1. The average Bonchev–Trinajstić information content (AvgIpc) is 4.14. The molecule has 0 saturated carbocycles. The first-order chi connectivity index (χ1) is 39.5. The number of hydrogen-bond acceptors (Lipinski definition) is 12. The third-order valence-electron chi connectivity index (χ3n) is 14.3. The number of ketones is 1. The van der Waals surface area contributed by atoms with Gasteiger partial charge >= 0.3 is 0 Å². The van der Waals surface area contributed by atoms with Crippen LogP contribution < -0.4 is 59.3 Å². The third-order valence-corrected chi connectivity index (χ3v) is 14.3. The third kappa shape index (κ3) is 22.4. The summed E-state index contributed by atoms with van der Waals surface area (Å²) in [7, 11) is 0. The van der Waals surface area contributed by atoms with E-state index in [1.54, 1.807) is 36.5 Å². The van der Waals surface area contributed by atoms with Gasteiger partial charge in [-0.05, 0) is 75.1 Å². The number of unbranched alkanes of at least 4 members (excludes halogenated alkanes) is 5. The number of aromatic nitrogens is 3. The Labute approximate surface area is 479 Å². The lowest BCUT2D eigenvalue weighted by atomic mass is 10.0. The van der Waals surface area contributed by atoms with Crippen molar-refractivity contribution in [3.8, 4) is 0 Å². The average molecular weight is 1140 g/mol. The molecule has 5 rings (SSSR count). The van der Waals surface area contributed by atoms with Gasteiger partial charge < -0.3 is 69.3 Å². The Morgan fingerprint density at radius 2 is 1.37 bits per heavy atom. The zero-order chi connectivity index (χ0) is 59.2. The molecule has 2 aromatic heterocycles. The number of rotatable bonds is 23. The number of H-pyrrole nitrogens is 2. The quantitative estimate of drug-likeness (QED) is 0.0286. The second-order valence-corrected chi connectivity index (χ2v) is 21.0. The van der Waals surface area contributed by atoms with Crippen molar-refractivity contribution in [2.45, 2.75) is 178 Å². The normalized spacial score (nSPS) is 20.8. The Kier molecular flexibility index (Phi) is 27.5. The maximum atomic E-state index is 14.8. The van der Waals surface area contributed by atoms with Gasteiger partial charge in [0.2, 0.25) is 47.3 Å². The van der Waals surface area contributed by atoms with Gasteiger partial charge in [0.05, 0.1) is 12.9 Å². The van der Waals surface area contributed by atoms with Crippen molar-refractivity contribution in [2.24, 2.45) is 11.5 Å². The molecule has 0 radical (unpaired) electrons. The summed E-state index contributed by atoms with van der Waals surface area (Å²) in [5.74, 6) is -6.30. The molecule has 16 N–H and O–H groups in total. The maximum Gasteiger partial charge on any atom is 0.243 e. The molecule has 0 spiro atoms. The van der Waals surface area contributed by atoms with Crippen molar-refractivity contribution in [1.82, 2.24) is 62.8 Å². The molecule has 1 aliphatic heterocycles. The van der Waals surface area contributed by atoms with E-state index in [1.807, 2.05) is 31.2 Å². The number of para-hydroxylation sites is 1. The van der Waals surface area contributed by atoms with E-state index in [2.05, 4.69) is 69.7 Å². The second kappa shape index (κ2) is 34.9. The topological polar surface area (TPSA) is 382 Å². The minimum absolute atomic E-state index is 0.0423. The van der Waals surface area contributed by atoms with Crippen LogP contribution in [0.4, 0.5) is 0 Å². The summed E-state index contributed by atoms with van der Waals surface area (Å²) < 4.78 is 0. The van der Waals surface area contributed by atoms with Crippen LogP contribution in [0.15, 0.2) is 73.3 Å². The number of guanidine groups is 1. The highest BCUT2D eigenvalue weighted by molar-refractivity contribution is 5.98. The van der Waals surface area contributed by atoms with Crippen LogP contribution >= 0.6 is 0 Å². The van der Waals surface area contributed by atoms with Gasteiger partial charge in [0.1, 0.15) is 48.1 Å². The number of fused-ring (bicyclic) bond motifs is 1. The van der Waals surface area contributed by atoms with Crippen LogP contribution in [-0.2, 0) is 62.4 Å². The number of benzene rings is 2. The molecule has 4 aromatic rings. The summed E-state index contributed by atoms with van der Waals surface area (Å²) in [5.41, 5.74) is 13.9. The Morgan fingerprint density at radius 1 is 0.707 bits per heavy atom. The van der Waals surface area contributed by atoms with E-state index in [0.717, 1.165) is 43.0 Å². The molecule has 446 valence electrons. The van der Waals surface area contributed by atoms with E-state index < -0.39 is 83.6 Å². The number of imidazole rings is 1. The van der Waals surface area contributed by atoms with Crippen molar-refractivity contribution in [3.05, 3.63) is 90.1 Å². The largest absolute Gasteiger partial charge is 0.370 e. The van der Waals surface area contributed by atoms with Crippen molar-refractivity contribution in [2.75, 3.05) is 19.6 Å². The Bertz CT molecular complexity index is 2720. The minimum atomic E-state index is -1.42. The molecule has 1 saturated heterocycles. The van der Waals surface area contributed by atoms with Crippen LogP contribution in [-0.4, -0.2) is 136 Å². The van der Waals surface area contributed by atoms with E-state index in [4.69, 9.17) is 16.9 Å². The number of aromatic amines is 2. The Morgan fingerprint density at radius 3 is 2.07 bits per heavy atom.